The SMILES string of the molecule is Cc1cc2c(o1)CC(C)(C)CC2NC(=O)N(C)Cc1c(C)noc1C. The number of carbonyl (C=O) groups excluding carboxylic acids is 1. The number of furan rings is 1. The Morgan fingerprint density at radius 1 is 1.40 bits per heavy atom. The fourth-order valence-electron chi connectivity index (χ4n) is 3.61. The molecule has 0 bridgehead atoms. The summed E-state index contributed by atoms with van der Waals surface area (Å²) in [5.74, 6) is 2.64. The van der Waals surface area contributed by atoms with Crippen molar-refractivity contribution in [2.24, 2.45) is 5.41 Å². The van der Waals surface area contributed by atoms with Crippen molar-refractivity contribution in [3.8, 4) is 0 Å². The molecule has 25 heavy (non-hydrogen) atoms. The van der Waals surface area contributed by atoms with Crippen molar-refractivity contribution >= 4 is 6.03 Å². The zero-order valence-corrected chi connectivity index (χ0v) is 15.9. The highest BCUT2D eigenvalue weighted by atomic mass is 16.5. The smallest absolute Gasteiger partial charge is 0.317 e. The Hall–Kier alpha value is -2.24. The molecule has 6 nitrogen and oxygen atoms in total. The molecule has 136 valence electrons. The number of rotatable bonds is 3. The monoisotopic (exact) mass is 345 g/mol. The van der Waals surface area contributed by atoms with Gasteiger partial charge in [0.15, 0.2) is 0 Å². The Balaban J connectivity index is 1.74. The van der Waals surface area contributed by atoms with Crippen molar-refractivity contribution in [2.75, 3.05) is 7.05 Å². The maximum atomic E-state index is 12.7. The number of hydrogen-bond donors (Lipinski definition) is 1. The van der Waals surface area contributed by atoms with Gasteiger partial charge in [-0.15, -0.1) is 0 Å². The van der Waals surface area contributed by atoms with E-state index in [0.717, 1.165) is 46.9 Å². The van der Waals surface area contributed by atoms with Gasteiger partial charge in [-0.3, -0.25) is 0 Å². The van der Waals surface area contributed by atoms with Crippen LogP contribution in [0.4, 0.5) is 4.79 Å². The number of aromatic nitrogens is 1. The lowest BCUT2D eigenvalue weighted by Crippen LogP contribution is -2.42. The molecule has 0 aromatic carbocycles. The predicted molar refractivity (Wildman–Crippen MR) is 94.3 cm³/mol. The molecule has 6 heteroatoms. The van der Waals surface area contributed by atoms with E-state index < -0.39 is 0 Å². The summed E-state index contributed by atoms with van der Waals surface area (Å²) in [7, 11) is 1.79. The molecule has 2 heterocycles. The third-order valence-corrected chi connectivity index (χ3v) is 4.96. The van der Waals surface area contributed by atoms with E-state index in [-0.39, 0.29) is 17.5 Å². The van der Waals surface area contributed by atoms with E-state index in [1.54, 1.807) is 11.9 Å². The lowest BCUT2D eigenvalue weighted by atomic mass is 9.75. The topological polar surface area (TPSA) is 71.5 Å². The van der Waals surface area contributed by atoms with E-state index >= 15 is 0 Å². The van der Waals surface area contributed by atoms with Crippen molar-refractivity contribution < 1.29 is 13.7 Å². The summed E-state index contributed by atoms with van der Waals surface area (Å²) >= 11 is 0. The number of amides is 2. The summed E-state index contributed by atoms with van der Waals surface area (Å²) in [5.41, 5.74) is 2.98. The van der Waals surface area contributed by atoms with Crippen LogP contribution in [0.15, 0.2) is 15.0 Å². The van der Waals surface area contributed by atoms with Gasteiger partial charge in [-0.2, -0.15) is 0 Å². The first-order chi connectivity index (χ1) is 11.7. The Bertz CT molecular complexity index is 768. The summed E-state index contributed by atoms with van der Waals surface area (Å²) in [5, 5.41) is 7.12. The fourth-order valence-corrected chi connectivity index (χ4v) is 3.61. The molecule has 0 radical (unpaired) electrons. The van der Waals surface area contributed by atoms with Gasteiger partial charge in [-0.25, -0.2) is 4.79 Å². The average molecular weight is 345 g/mol. The highest BCUT2D eigenvalue weighted by molar-refractivity contribution is 5.74. The molecule has 0 fully saturated rings. The van der Waals surface area contributed by atoms with Gasteiger partial charge in [0.25, 0.3) is 0 Å². The van der Waals surface area contributed by atoms with Crippen LogP contribution in [0.5, 0.6) is 0 Å². The van der Waals surface area contributed by atoms with Crippen molar-refractivity contribution in [3.05, 3.63) is 40.2 Å². The Morgan fingerprint density at radius 2 is 2.12 bits per heavy atom. The average Bonchev–Trinajstić information content (AvgIpc) is 3.02. The number of urea groups is 1. The van der Waals surface area contributed by atoms with Crippen LogP contribution in [-0.4, -0.2) is 23.1 Å². The number of hydrogen-bond acceptors (Lipinski definition) is 4. The van der Waals surface area contributed by atoms with Gasteiger partial charge in [0, 0.05) is 24.6 Å². The lowest BCUT2D eigenvalue weighted by molar-refractivity contribution is 0.188. The third-order valence-electron chi connectivity index (χ3n) is 4.96. The Morgan fingerprint density at radius 3 is 2.76 bits per heavy atom. The number of carbonyl (C=O) groups is 1. The van der Waals surface area contributed by atoms with E-state index in [0.29, 0.717) is 6.54 Å². The van der Waals surface area contributed by atoms with Gasteiger partial charge in [-0.05, 0) is 38.7 Å². The van der Waals surface area contributed by atoms with E-state index in [1.165, 1.54) is 0 Å². The minimum Gasteiger partial charge on any atom is -0.466 e. The Labute approximate surface area is 148 Å². The lowest BCUT2D eigenvalue weighted by Gasteiger charge is -2.35. The molecular weight excluding hydrogens is 318 g/mol. The normalized spacial score (nSPS) is 18.7. The van der Waals surface area contributed by atoms with Crippen molar-refractivity contribution in [1.82, 2.24) is 15.4 Å². The summed E-state index contributed by atoms with van der Waals surface area (Å²) < 4.78 is 11.0. The second kappa shape index (κ2) is 6.24. The minimum absolute atomic E-state index is 0.0316. The molecule has 0 saturated heterocycles. The number of nitrogens with zero attached hydrogens (tertiary/aromatic N) is 2. The van der Waals surface area contributed by atoms with Crippen molar-refractivity contribution in [1.29, 1.82) is 0 Å². The molecule has 1 aliphatic carbocycles. The zero-order valence-electron chi connectivity index (χ0n) is 15.9. The number of fused-ring (bicyclic) bond motifs is 1. The van der Waals surface area contributed by atoms with Crippen LogP contribution in [0, 0.1) is 26.2 Å². The van der Waals surface area contributed by atoms with Crippen LogP contribution in [-0.2, 0) is 13.0 Å². The molecule has 0 spiro atoms. The molecule has 3 rings (SSSR count). The second-order valence-electron chi connectivity index (χ2n) is 7.94. The van der Waals surface area contributed by atoms with Crippen LogP contribution in [0.3, 0.4) is 0 Å². The standard InChI is InChI=1S/C19H27N3O3/c1-11-7-14-16(8-19(4,5)9-17(14)24-11)20-18(23)22(6)10-15-12(2)21-25-13(15)3/h7,16H,8-10H2,1-6H3,(H,20,23). The number of nitrogens with one attached hydrogen (secondary N) is 1. The summed E-state index contributed by atoms with van der Waals surface area (Å²) in [4.78, 5) is 14.4. The van der Waals surface area contributed by atoms with E-state index in [2.05, 4.69) is 24.3 Å². The number of aryl methyl sites for hydroxylation is 3. The van der Waals surface area contributed by atoms with E-state index in [1.807, 2.05) is 26.8 Å². The van der Waals surface area contributed by atoms with Crippen LogP contribution in [0.2, 0.25) is 0 Å². The van der Waals surface area contributed by atoms with E-state index in [4.69, 9.17) is 8.94 Å². The highest BCUT2D eigenvalue weighted by Crippen LogP contribution is 2.42. The Kier molecular flexibility index (Phi) is 4.39. The molecule has 1 unspecified atom stereocenters. The molecule has 1 atom stereocenters. The third kappa shape index (κ3) is 3.57. The van der Waals surface area contributed by atoms with Gasteiger partial charge >= 0.3 is 6.03 Å². The maximum Gasteiger partial charge on any atom is 0.317 e. The van der Waals surface area contributed by atoms with Gasteiger partial charge in [-0.1, -0.05) is 19.0 Å². The molecular formula is C19H27N3O3. The summed E-state index contributed by atoms with van der Waals surface area (Å²) in [6, 6.07) is 1.91. The van der Waals surface area contributed by atoms with Crippen molar-refractivity contribution in [3.63, 3.8) is 0 Å². The van der Waals surface area contributed by atoms with Gasteiger partial charge in [0.05, 0.1) is 18.3 Å². The molecule has 1 aliphatic rings. The molecule has 1 N–H and O–H groups in total. The quantitative estimate of drug-likeness (QED) is 0.911. The maximum absolute atomic E-state index is 12.7. The second-order valence-corrected chi connectivity index (χ2v) is 7.94. The molecule has 0 aliphatic heterocycles. The van der Waals surface area contributed by atoms with Crippen LogP contribution in [0.1, 0.15) is 60.4 Å². The summed E-state index contributed by atoms with van der Waals surface area (Å²) in [6.45, 7) is 10.6. The van der Waals surface area contributed by atoms with Gasteiger partial charge < -0.3 is 19.2 Å². The van der Waals surface area contributed by atoms with Gasteiger partial charge in [0.2, 0.25) is 0 Å². The summed E-state index contributed by atoms with van der Waals surface area (Å²) in [6.07, 6.45) is 1.79. The predicted octanol–water partition coefficient (Wildman–Crippen LogP) is 4.05. The van der Waals surface area contributed by atoms with E-state index in [9.17, 15) is 4.79 Å². The molecule has 2 aromatic heterocycles. The van der Waals surface area contributed by atoms with Crippen LogP contribution >= 0.6 is 0 Å². The fraction of sp³-hybridized carbons (Fsp3) is 0.579. The minimum atomic E-state index is -0.104. The zero-order chi connectivity index (χ0) is 18.4. The largest absolute Gasteiger partial charge is 0.466 e. The first-order valence-corrected chi connectivity index (χ1v) is 8.69. The highest BCUT2D eigenvalue weighted by Gasteiger charge is 2.36. The molecule has 2 amide bonds. The van der Waals surface area contributed by atoms with Crippen LogP contribution in [0.25, 0.3) is 0 Å². The first-order valence-electron chi connectivity index (χ1n) is 8.69. The van der Waals surface area contributed by atoms with Gasteiger partial charge in [0.1, 0.15) is 17.3 Å². The molecule has 2 aromatic rings. The van der Waals surface area contributed by atoms with Crippen LogP contribution < -0.4 is 5.32 Å². The first kappa shape index (κ1) is 17.6. The van der Waals surface area contributed by atoms with Crippen molar-refractivity contribution in [2.45, 2.75) is 60.0 Å². The molecule has 0 saturated carbocycles.